The van der Waals surface area contributed by atoms with Gasteiger partial charge >= 0.3 is 6.18 Å². The molecule has 0 aliphatic carbocycles. The van der Waals surface area contributed by atoms with Gasteiger partial charge in [-0.2, -0.15) is 13.2 Å². The molecule has 0 atom stereocenters. The van der Waals surface area contributed by atoms with Gasteiger partial charge in [-0.1, -0.05) is 0 Å². The Balaban J connectivity index is 0.00000676. The van der Waals surface area contributed by atoms with Crippen LogP contribution >= 0.6 is 24.0 Å². The maximum absolute atomic E-state index is 12.8. The Hall–Kier alpha value is -1.34. The average molecular weight is 506 g/mol. The molecule has 1 aromatic heterocycles. The van der Waals surface area contributed by atoms with Crippen LogP contribution in [0.3, 0.4) is 0 Å². The molecule has 0 aliphatic heterocycles. The Kier molecular flexibility index (Phi) is 14.0. The van der Waals surface area contributed by atoms with Crippen LogP contribution in [0.4, 0.5) is 13.2 Å². The molecule has 0 unspecified atom stereocenters. The lowest BCUT2D eigenvalue weighted by Gasteiger charge is -2.14. The van der Waals surface area contributed by atoms with Gasteiger partial charge in [-0.3, -0.25) is 4.99 Å². The van der Waals surface area contributed by atoms with E-state index >= 15 is 0 Å². The third-order valence-electron chi connectivity index (χ3n) is 3.12. The van der Waals surface area contributed by atoms with Crippen LogP contribution in [0.2, 0.25) is 0 Å². The lowest BCUT2D eigenvalue weighted by atomic mass is 10.2. The predicted octanol–water partition coefficient (Wildman–Crippen LogP) is 2.32. The van der Waals surface area contributed by atoms with Crippen LogP contribution in [0.5, 0.6) is 5.88 Å². The molecule has 1 rings (SSSR count). The summed E-state index contributed by atoms with van der Waals surface area (Å²) in [5, 5.41) is 6.02. The maximum Gasteiger partial charge on any atom is 0.421 e. The fourth-order valence-corrected chi connectivity index (χ4v) is 1.88. The first-order chi connectivity index (χ1) is 12.5. The standard InChI is InChI=1S/C16H25F3N4O3.HI/c1-20-15(22-7-4-9-25-12-11-24-2)23-8-10-26-14-13(16(17,18)19)5-3-6-21-14;/h3,5-6H,4,7-12H2,1-2H3,(H2,20,22,23);1H. The molecule has 156 valence electrons. The van der Waals surface area contributed by atoms with Crippen LogP contribution in [0.25, 0.3) is 0 Å². The third-order valence-corrected chi connectivity index (χ3v) is 3.12. The largest absolute Gasteiger partial charge is 0.475 e. The number of ether oxygens (including phenoxy) is 3. The summed E-state index contributed by atoms with van der Waals surface area (Å²) >= 11 is 0. The zero-order chi connectivity index (χ0) is 19.3. The van der Waals surface area contributed by atoms with Gasteiger partial charge in [-0.25, -0.2) is 4.98 Å². The number of nitrogens with zero attached hydrogens (tertiary/aromatic N) is 2. The summed E-state index contributed by atoms with van der Waals surface area (Å²) in [5.74, 6) is 0.0977. The molecule has 0 aliphatic rings. The first-order valence-corrected chi connectivity index (χ1v) is 8.15. The van der Waals surface area contributed by atoms with E-state index in [0.29, 0.717) is 32.3 Å². The molecule has 1 heterocycles. The fourth-order valence-electron chi connectivity index (χ4n) is 1.88. The molecule has 11 heteroatoms. The summed E-state index contributed by atoms with van der Waals surface area (Å²) in [6.45, 7) is 2.64. The predicted molar refractivity (Wildman–Crippen MR) is 107 cm³/mol. The molecule has 1 aromatic rings. The number of aliphatic imine (C=N–C) groups is 1. The van der Waals surface area contributed by atoms with Gasteiger partial charge in [0.1, 0.15) is 12.2 Å². The number of rotatable bonds is 11. The Morgan fingerprint density at radius 1 is 1.15 bits per heavy atom. The molecule has 7 nitrogen and oxygen atoms in total. The quantitative estimate of drug-likeness (QED) is 0.208. The zero-order valence-corrected chi connectivity index (χ0v) is 17.7. The second-order valence-corrected chi connectivity index (χ2v) is 5.09. The van der Waals surface area contributed by atoms with Gasteiger partial charge in [-0.05, 0) is 18.6 Å². The number of hydrogen-bond acceptors (Lipinski definition) is 5. The van der Waals surface area contributed by atoms with Crippen molar-refractivity contribution in [1.82, 2.24) is 15.6 Å². The van der Waals surface area contributed by atoms with E-state index in [9.17, 15) is 13.2 Å². The van der Waals surface area contributed by atoms with Crippen LogP contribution < -0.4 is 15.4 Å². The first-order valence-electron chi connectivity index (χ1n) is 8.15. The molecule has 0 fully saturated rings. The van der Waals surface area contributed by atoms with Crippen molar-refractivity contribution < 1.29 is 27.4 Å². The first kappa shape index (κ1) is 25.7. The van der Waals surface area contributed by atoms with Crippen LogP contribution in [0.15, 0.2) is 23.3 Å². The summed E-state index contributed by atoms with van der Waals surface area (Å²) in [6, 6.07) is 2.16. The van der Waals surface area contributed by atoms with Crippen molar-refractivity contribution in [3.8, 4) is 5.88 Å². The van der Waals surface area contributed by atoms with E-state index in [1.54, 1.807) is 14.2 Å². The highest BCUT2D eigenvalue weighted by atomic mass is 127. The minimum absolute atomic E-state index is 0. The van der Waals surface area contributed by atoms with E-state index in [1.807, 2.05) is 0 Å². The van der Waals surface area contributed by atoms with Crippen molar-refractivity contribution in [3.05, 3.63) is 23.9 Å². The number of halogens is 4. The van der Waals surface area contributed by atoms with Crippen molar-refractivity contribution >= 4 is 29.9 Å². The Bertz CT molecular complexity index is 548. The molecule has 0 saturated heterocycles. The topological polar surface area (TPSA) is 77.0 Å². The van der Waals surface area contributed by atoms with Gasteiger partial charge in [0.05, 0.1) is 19.8 Å². The van der Waals surface area contributed by atoms with Crippen molar-refractivity contribution in [2.45, 2.75) is 12.6 Å². The van der Waals surface area contributed by atoms with Gasteiger partial charge in [-0.15, -0.1) is 24.0 Å². The van der Waals surface area contributed by atoms with E-state index in [1.165, 1.54) is 12.3 Å². The van der Waals surface area contributed by atoms with Crippen molar-refractivity contribution in [2.75, 3.05) is 53.7 Å². The molecule has 0 spiro atoms. The van der Waals surface area contributed by atoms with Crippen LogP contribution in [0, 0.1) is 0 Å². The van der Waals surface area contributed by atoms with Gasteiger partial charge in [0, 0.05) is 33.5 Å². The van der Waals surface area contributed by atoms with E-state index in [0.717, 1.165) is 12.5 Å². The zero-order valence-electron chi connectivity index (χ0n) is 15.3. The molecule has 0 aromatic carbocycles. The van der Waals surface area contributed by atoms with Crippen molar-refractivity contribution in [3.63, 3.8) is 0 Å². The van der Waals surface area contributed by atoms with Gasteiger partial charge in [0.25, 0.3) is 0 Å². The summed E-state index contributed by atoms with van der Waals surface area (Å²) in [6.07, 6.45) is -2.46. The smallest absolute Gasteiger partial charge is 0.421 e. The van der Waals surface area contributed by atoms with Crippen LogP contribution in [-0.4, -0.2) is 64.6 Å². The van der Waals surface area contributed by atoms with Crippen molar-refractivity contribution in [2.24, 2.45) is 4.99 Å². The molecule has 2 N–H and O–H groups in total. The summed E-state index contributed by atoms with van der Waals surface area (Å²) in [4.78, 5) is 7.65. The second kappa shape index (κ2) is 14.7. The van der Waals surface area contributed by atoms with Gasteiger partial charge in [0.15, 0.2) is 5.96 Å². The van der Waals surface area contributed by atoms with Gasteiger partial charge in [0.2, 0.25) is 5.88 Å². The lowest BCUT2D eigenvalue weighted by Crippen LogP contribution is -2.40. The number of aromatic nitrogens is 1. The van der Waals surface area contributed by atoms with E-state index in [4.69, 9.17) is 14.2 Å². The number of alkyl halides is 3. The molecule has 0 amide bonds. The molecular weight excluding hydrogens is 480 g/mol. The monoisotopic (exact) mass is 506 g/mol. The molecule has 0 bridgehead atoms. The number of pyridine rings is 1. The molecule has 0 radical (unpaired) electrons. The molecular formula is C16H26F3IN4O3. The van der Waals surface area contributed by atoms with E-state index < -0.39 is 17.6 Å². The normalized spacial score (nSPS) is 11.7. The number of guanidine groups is 1. The van der Waals surface area contributed by atoms with E-state index in [2.05, 4.69) is 20.6 Å². The Labute approximate surface area is 174 Å². The minimum Gasteiger partial charge on any atom is -0.475 e. The highest BCUT2D eigenvalue weighted by Crippen LogP contribution is 2.34. The summed E-state index contributed by atoms with van der Waals surface area (Å²) < 4.78 is 53.8. The Morgan fingerprint density at radius 3 is 2.56 bits per heavy atom. The van der Waals surface area contributed by atoms with Crippen LogP contribution in [-0.2, 0) is 15.7 Å². The maximum atomic E-state index is 12.8. The molecule has 0 saturated carbocycles. The minimum atomic E-state index is -4.50. The third kappa shape index (κ3) is 11.2. The number of hydrogen-bond donors (Lipinski definition) is 2. The average Bonchev–Trinajstić information content (AvgIpc) is 2.62. The summed E-state index contributed by atoms with van der Waals surface area (Å²) in [7, 11) is 3.22. The van der Waals surface area contributed by atoms with Crippen LogP contribution in [0.1, 0.15) is 12.0 Å². The number of nitrogens with one attached hydrogen (secondary N) is 2. The highest BCUT2D eigenvalue weighted by Gasteiger charge is 2.34. The summed E-state index contributed by atoms with van der Waals surface area (Å²) in [5.41, 5.74) is -0.893. The number of methoxy groups -OCH3 is 1. The second-order valence-electron chi connectivity index (χ2n) is 5.09. The lowest BCUT2D eigenvalue weighted by molar-refractivity contribution is -0.139. The Morgan fingerprint density at radius 2 is 1.89 bits per heavy atom. The van der Waals surface area contributed by atoms with Gasteiger partial charge < -0.3 is 24.8 Å². The highest BCUT2D eigenvalue weighted by molar-refractivity contribution is 14.0. The SMILES string of the molecule is CN=C(NCCCOCCOC)NCCOc1ncccc1C(F)(F)F.I. The fraction of sp³-hybridized carbons (Fsp3) is 0.625. The van der Waals surface area contributed by atoms with Crippen molar-refractivity contribution in [1.29, 1.82) is 0 Å². The van der Waals surface area contributed by atoms with E-state index in [-0.39, 0.29) is 37.1 Å². The molecule has 27 heavy (non-hydrogen) atoms.